The van der Waals surface area contributed by atoms with Gasteiger partial charge in [-0.3, -0.25) is 0 Å². The number of rotatable bonds is 6. The van der Waals surface area contributed by atoms with Gasteiger partial charge in [0.05, 0.1) is 13.2 Å². The Morgan fingerprint density at radius 3 is 1.35 bits per heavy atom. The molecule has 0 aliphatic carbocycles. The van der Waals surface area contributed by atoms with E-state index in [2.05, 4.69) is 30.7 Å². The van der Waals surface area contributed by atoms with E-state index >= 15 is 0 Å². The summed E-state index contributed by atoms with van der Waals surface area (Å²) in [4.78, 5) is 0. The first kappa shape index (κ1) is 17.1. The summed E-state index contributed by atoms with van der Waals surface area (Å²) in [5.74, 6) is 1.82. The molecular weight excluding hydrogens is 325 g/mol. The Morgan fingerprint density at radius 1 is 0.700 bits per heavy atom. The fourth-order valence-corrected chi connectivity index (χ4v) is 1.85. The maximum Gasteiger partial charge on any atom is 0.104 e. The summed E-state index contributed by atoms with van der Waals surface area (Å²) in [5.41, 5.74) is 2.32. The monoisotopic (exact) mass is 344 g/mol. The summed E-state index contributed by atoms with van der Waals surface area (Å²) < 4.78 is 10.8. The zero-order valence-electron chi connectivity index (χ0n) is 12.0. The molecule has 103 valence electrons. The number of benzene rings is 2. The fourth-order valence-electron chi connectivity index (χ4n) is 1.85. The summed E-state index contributed by atoms with van der Waals surface area (Å²) in [7, 11) is 0. The van der Waals surface area contributed by atoms with Crippen molar-refractivity contribution in [2.45, 2.75) is 13.8 Å². The van der Waals surface area contributed by atoms with Crippen LogP contribution in [0, 0.1) is 6.42 Å². The standard InChI is InChI=1S/C17H19O2.Y/c1-3-18-16-9-5-14(6-10-16)13-15-7-11-17(12-8-15)19-4-2;/h5-13H,3-4H2,1-2H3;/q-1;. The third-order valence-electron chi connectivity index (χ3n) is 2.72. The summed E-state index contributed by atoms with van der Waals surface area (Å²) >= 11 is 0. The van der Waals surface area contributed by atoms with Gasteiger partial charge in [0.1, 0.15) is 11.5 Å². The summed E-state index contributed by atoms with van der Waals surface area (Å²) in [5, 5.41) is 0. The van der Waals surface area contributed by atoms with Gasteiger partial charge in [-0.2, -0.15) is 0 Å². The van der Waals surface area contributed by atoms with Crippen molar-refractivity contribution < 1.29 is 42.2 Å². The molecular formula is C17H19O2Y-. The molecule has 0 saturated carbocycles. The van der Waals surface area contributed by atoms with Gasteiger partial charge in [0.2, 0.25) is 0 Å². The maximum atomic E-state index is 5.42. The number of ether oxygens (including phenoxy) is 2. The van der Waals surface area contributed by atoms with Crippen LogP contribution in [0.25, 0.3) is 0 Å². The first-order valence-corrected chi connectivity index (χ1v) is 6.62. The zero-order valence-corrected chi connectivity index (χ0v) is 14.8. The molecule has 0 amide bonds. The van der Waals surface area contributed by atoms with Crippen molar-refractivity contribution in [2.24, 2.45) is 0 Å². The van der Waals surface area contributed by atoms with Gasteiger partial charge in [-0.15, -0.1) is 41.8 Å². The third kappa shape index (κ3) is 5.18. The van der Waals surface area contributed by atoms with Crippen molar-refractivity contribution in [1.82, 2.24) is 0 Å². The topological polar surface area (TPSA) is 18.5 Å². The zero-order chi connectivity index (χ0) is 13.5. The van der Waals surface area contributed by atoms with Crippen LogP contribution in [0.15, 0.2) is 48.5 Å². The Bertz CT molecular complexity index is 444. The van der Waals surface area contributed by atoms with E-state index in [1.807, 2.05) is 38.1 Å². The van der Waals surface area contributed by atoms with Gasteiger partial charge in [-0.1, -0.05) is 24.3 Å². The minimum Gasteiger partial charge on any atom is -0.495 e. The van der Waals surface area contributed by atoms with E-state index < -0.39 is 0 Å². The van der Waals surface area contributed by atoms with Gasteiger partial charge in [0.15, 0.2) is 0 Å². The molecule has 0 fully saturated rings. The van der Waals surface area contributed by atoms with Crippen molar-refractivity contribution in [2.75, 3.05) is 13.2 Å². The molecule has 0 aliphatic rings. The van der Waals surface area contributed by atoms with Crippen LogP contribution in [-0.4, -0.2) is 13.2 Å². The Kier molecular flexibility index (Phi) is 7.72. The fraction of sp³-hybridized carbons (Fsp3) is 0.235. The van der Waals surface area contributed by atoms with E-state index in [-0.39, 0.29) is 32.7 Å². The molecule has 3 heteroatoms. The molecule has 0 N–H and O–H groups in total. The van der Waals surface area contributed by atoms with Gasteiger partial charge in [0, 0.05) is 32.7 Å². The van der Waals surface area contributed by atoms with E-state index in [9.17, 15) is 0 Å². The molecule has 0 saturated heterocycles. The molecule has 2 aromatic rings. The van der Waals surface area contributed by atoms with Crippen LogP contribution in [0.1, 0.15) is 25.0 Å². The van der Waals surface area contributed by atoms with Gasteiger partial charge < -0.3 is 9.47 Å². The molecule has 20 heavy (non-hydrogen) atoms. The molecule has 0 unspecified atom stereocenters. The molecule has 0 bridgehead atoms. The number of hydrogen-bond donors (Lipinski definition) is 0. The maximum absolute atomic E-state index is 5.42. The predicted octanol–water partition coefficient (Wildman–Crippen LogP) is 4.08. The van der Waals surface area contributed by atoms with Crippen LogP contribution in [0.3, 0.4) is 0 Å². The minimum absolute atomic E-state index is 0. The quantitative estimate of drug-likeness (QED) is 0.735. The molecule has 0 spiro atoms. The van der Waals surface area contributed by atoms with Crippen LogP contribution in [0.2, 0.25) is 0 Å². The van der Waals surface area contributed by atoms with E-state index in [4.69, 9.17) is 9.47 Å². The van der Waals surface area contributed by atoms with E-state index in [0.29, 0.717) is 13.2 Å². The van der Waals surface area contributed by atoms with Crippen molar-refractivity contribution in [3.63, 3.8) is 0 Å². The largest absolute Gasteiger partial charge is 0.495 e. The Morgan fingerprint density at radius 2 is 1.05 bits per heavy atom. The predicted molar refractivity (Wildman–Crippen MR) is 77.7 cm³/mol. The van der Waals surface area contributed by atoms with Gasteiger partial charge in [-0.05, 0) is 13.8 Å². The van der Waals surface area contributed by atoms with Crippen LogP contribution in [-0.2, 0) is 32.7 Å². The van der Waals surface area contributed by atoms with Crippen molar-refractivity contribution in [3.05, 3.63) is 66.1 Å². The second kappa shape index (κ2) is 9.04. The van der Waals surface area contributed by atoms with E-state index in [1.54, 1.807) is 0 Å². The van der Waals surface area contributed by atoms with Gasteiger partial charge >= 0.3 is 0 Å². The first-order chi connectivity index (χ1) is 9.31. The van der Waals surface area contributed by atoms with Crippen LogP contribution >= 0.6 is 0 Å². The second-order valence-corrected chi connectivity index (χ2v) is 4.15. The Labute approximate surface area is 146 Å². The molecule has 0 heterocycles. The van der Waals surface area contributed by atoms with Gasteiger partial charge in [0.25, 0.3) is 0 Å². The SMILES string of the molecule is CCOc1ccc([CH-]c2ccc(OCC)cc2)cc1.[Y]. The molecule has 0 aromatic heterocycles. The van der Waals surface area contributed by atoms with Crippen molar-refractivity contribution >= 4 is 0 Å². The molecule has 2 nitrogen and oxygen atoms in total. The molecule has 0 aliphatic heterocycles. The summed E-state index contributed by atoms with van der Waals surface area (Å²) in [6.07, 6.45) is 2.13. The Balaban J connectivity index is 0.00000200. The van der Waals surface area contributed by atoms with E-state index in [1.165, 1.54) is 0 Å². The number of hydrogen-bond acceptors (Lipinski definition) is 2. The molecule has 2 rings (SSSR count). The average Bonchev–Trinajstić information content (AvgIpc) is 2.44. The van der Waals surface area contributed by atoms with E-state index in [0.717, 1.165) is 22.6 Å². The molecule has 0 atom stereocenters. The third-order valence-corrected chi connectivity index (χ3v) is 2.72. The van der Waals surface area contributed by atoms with Crippen molar-refractivity contribution in [3.8, 4) is 11.5 Å². The molecule has 2 aromatic carbocycles. The van der Waals surface area contributed by atoms with Crippen LogP contribution < -0.4 is 9.47 Å². The average molecular weight is 344 g/mol. The van der Waals surface area contributed by atoms with Crippen LogP contribution in [0.5, 0.6) is 11.5 Å². The first-order valence-electron chi connectivity index (χ1n) is 6.62. The summed E-state index contributed by atoms with van der Waals surface area (Å²) in [6.45, 7) is 5.36. The minimum atomic E-state index is 0. The van der Waals surface area contributed by atoms with Crippen molar-refractivity contribution in [1.29, 1.82) is 0 Å². The molecule has 1 radical (unpaired) electrons. The Hall–Kier alpha value is -0.986. The smallest absolute Gasteiger partial charge is 0.104 e. The van der Waals surface area contributed by atoms with Gasteiger partial charge in [-0.25, -0.2) is 0 Å². The summed E-state index contributed by atoms with van der Waals surface area (Å²) in [6, 6.07) is 16.2. The van der Waals surface area contributed by atoms with Crippen LogP contribution in [0.4, 0.5) is 0 Å². The normalized spacial score (nSPS) is 9.50. The second-order valence-electron chi connectivity index (χ2n) is 4.15.